The van der Waals surface area contributed by atoms with E-state index in [0.717, 1.165) is 26.5 Å². The molecular weight excluding hydrogens is 168 g/mol. The Kier molecular flexibility index (Phi) is 1.54. The van der Waals surface area contributed by atoms with Crippen LogP contribution in [0.15, 0.2) is 12.1 Å². The van der Waals surface area contributed by atoms with Crippen LogP contribution in [0.3, 0.4) is 0 Å². The largest absolute Gasteiger partial charge is 0.397 e. The Morgan fingerprint density at radius 2 is 2.08 bits per heavy atom. The molecule has 1 heterocycles. The van der Waals surface area contributed by atoms with Crippen LogP contribution in [0.25, 0.3) is 10.2 Å². The maximum Gasteiger partial charge on any atom is 0.0908 e. The van der Waals surface area contributed by atoms with Crippen LogP contribution in [0.2, 0.25) is 0 Å². The Labute approximate surface area is 75.0 Å². The summed E-state index contributed by atoms with van der Waals surface area (Å²) < 4.78 is 1.12. The number of hydrogen-bond acceptors (Lipinski definition) is 3. The van der Waals surface area contributed by atoms with Crippen LogP contribution in [0.1, 0.15) is 10.6 Å². The minimum atomic E-state index is 0.873. The lowest BCUT2D eigenvalue weighted by atomic mass is 10.2. The number of nitrogens with zero attached hydrogens (tertiary/aromatic N) is 1. The number of aromatic nitrogens is 1. The zero-order valence-electron chi connectivity index (χ0n) is 7.09. The second kappa shape index (κ2) is 2.45. The molecule has 1 aromatic carbocycles. The zero-order chi connectivity index (χ0) is 8.72. The van der Waals surface area contributed by atoms with Crippen molar-refractivity contribution in [2.45, 2.75) is 13.8 Å². The molecule has 2 rings (SSSR count). The van der Waals surface area contributed by atoms with Crippen molar-refractivity contribution in [3.63, 3.8) is 0 Å². The molecule has 2 N–H and O–H groups in total. The first-order chi connectivity index (χ1) is 5.68. The standard InChI is InChI=1S/C9H10N2S/c1-5-3-4-7-9(8(5)10)12-6(2)11-7/h3-4H,10H2,1-2H3. The van der Waals surface area contributed by atoms with Crippen LogP contribution in [0.4, 0.5) is 5.69 Å². The number of aryl methyl sites for hydroxylation is 2. The van der Waals surface area contributed by atoms with Crippen molar-refractivity contribution in [2.24, 2.45) is 0 Å². The van der Waals surface area contributed by atoms with Gasteiger partial charge in [-0.1, -0.05) is 6.07 Å². The van der Waals surface area contributed by atoms with E-state index in [1.54, 1.807) is 11.3 Å². The third kappa shape index (κ3) is 0.975. The van der Waals surface area contributed by atoms with Crippen molar-refractivity contribution in [1.82, 2.24) is 4.98 Å². The first-order valence-corrected chi connectivity index (χ1v) is 4.62. The second-order valence-electron chi connectivity index (χ2n) is 2.88. The number of anilines is 1. The molecule has 0 aliphatic carbocycles. The topological polar surface area (TPSA) is 38.9 Å². The van der Waals surface area contributed by atoms with Gasteiger partial charge in [0.1, 0.15) is 0 Å². The number of nitrogen functional groups attached to an aromatic ring is 1. The summed E-state index contributed by atoms with van der Waals surface area (Å²) in [5.74, 6) is 0. The molecule has 1 aromatic heterocycles. The summed E-state index contributed by atoms with van der Waals surface area (Å²) in [6, 6.07) is 4.03. The molecule has 0 amide bonds. The van der Waals surface area contributed by atoms with E-state index in [2.05, 4.69) is 4.98 Å². The van der Waals surface area contributed by atoms with Gasteiger partial charge in [-0.2, -0.15) is 0 Å². The second-order valence-corrected chi connectivity index (χ2v) is 4.08. The Morgan fingerprint density at radius 1 is 1.33 bits per heavy atom. The van der Waals surface area contributed by atoms with Gasteiger partial charge in [-0.05, 0) is 25.5 Å². The Bertz CT molecular complexity index is 431. The molecule has 0 radical (unpaired) electrons. The highest BCUT2D eigenvalue weighted by Gasteiger charge is 2.04. The van der Waals surface area contributed by atoms with Gasteiger partial charge in [0.2, 0.25) is 0 Å². The average molecular weight is 178 g/mol. The minimum absolute atomic E-state index is 0.873. The Morgan fingerprint density at radius 3 is 2.83 bits per heavy atom. The Hall–Kier alpha value is -1.09. The molecule has 0 aliphatic rings. The normalized spacial score (nSPS) is 10.8. The highest BCUT2D eigenvalue weighted by Crippen LogP contribution is 2.29. The van der Waals surface area contributed by atoms with Gasteiger partial charge in [0, 0.05) is 0 Å². The predicted octanol–water partition coefficient (Wildman–Crippen LogP) is 2.50. The third-order valence-corrected chi connectivity index (χ3v) is 2.94. The predicted molar refractivity (Wildman–Crippen MR) is 53.5 cm³/mol. The summed E-state index contributed by atoms with van der Waals surface area (Å²) in [5, 5.41) is 1.07. The molecule has 3 heteroatoms. The number of nitrogens with two attached hydrogens (primary N) is 1. The van der Waals surface area contributed by atoms with Gasteiger partial charge in [-0.25, -0.2) is 4.98 Å². The maximum atomic E-state index is 5.90. The number of fused-ring (bicyclic) bond motifs is 1. The number of rotatable bonds is 0. The van der Waals surface area contributed by atoms with Crippen LogP contribution in [0, 0.1) is 13.8 Å². The molecule has 0 fully saturated rings. The van der Waals surface area contributed by atoms with E-state index in [-0.39, 0.29) is 0 Å². The van der Waals surface area contributed by atoms with Crippen molar-refractivity contribution in [3.05, 3.63) is 22.7 Å². The van der Waals surface area contributed by atoms with Crippen molar-refractivity contribution in [1.29, 1.82) is 0 Å². The van der Waals surface area contributed by atoms with Gasteiger partial charge in [-0.15, -0.1) is 11.3 Å². The number of thiazole rings is 1. The summed E-state index contributed by atoms with van der Waals surface area (Å²) in [6.45, 7) is 4.02. The first kappa shape index (κ1) is 7.55. The fraction of sp³-hybridized carbons (Fsp3) is 0.222. The first-order valence-electron chi connectivity index (χ1n) is 3.80. The molecule has 0 saturated carbocycles. The van der Waals surface area contributed by atoms with Crippen molar-refractivity contribution < 1.29 is 0 Å². The summed E-state index contributed by atoms with van der Waals surface area (Å²) in [5.41, 5.74) is 8.92. The summed E-state index contributed by atoms with van der Waals surface area (Å²) >= 11 is 1.66. The monoisotopic (exact) mass is 178 g/mol. The van der Waals surface area contributed by atoms with E-state index in [1.807, 2.05) is 26.0 Å². The van der Waals surface area contributed by atoms with Crippen molar-refractivity contribution in [2.75, 3.05) is 5.73 Å². The molecule has 0 saturated heterocycles. The number of hydrogen-bond donors (Lipinski definition) is 1. The van der Waals surface area contributed by atoms with Gasteiger partial charge in [0.15, 0.2) is 0 Å². The molecule has 62 valence electrons. The SMILES string of the molecule is Cc1nc2ccc(C)c(N)c2s1. The van der Waals surface area contributed by atoms with Crippen LogP contribution >= 0.6 is 11.3 Å². The van der Waals surface area contributed by atoms with Crippen molar-refractivity contribution >= 4 is 27.2 Å². The number of benzene rings is 1. The van der Waals surface area contributed by atoms with E-state index in [4.69, 9.17) is 5.73 Å². The lowest BCUT2D eigenvalue weighted by Crippen LogP contribution is -1.88. The quantitative estimate of drug-likeness (QED) is 0.629. The molecule has 0 aliphatic heterocycles. The van der Waals surface area contributed by atoms with Gasteiger partial charge in [0.05, 0.1) is 20.9 Å². The molecule has 12 heavy (non-hydrogen) atoms. The van der Waals surface area contributed by atoms with Gasteiger partial charge in [0.25, 0.3) is 0 Å². The highest BCUT2D eigenvalue weighted by atomic mass is 32.1. The average Bonchev–Trinajstić information content (AvgIpc) is 2.39. The summed E-state index contributed by atoms with van der Waals surface area (Å²) in [6.07, 6.45) is 0. The summed E-state index contributed by atoms with van der Waals surface area (Å²) in [4.78, 5) is 4.35. The van der Waals surface area contributed by atoms with Crippen LogP contribution < -0.4 is 5.73 Å². The van der Waals surface area contributed by atoms with Crippen LogP contribution in [-0.4, -0.2) is 4.98 Å². The Balaban J connectivity index is 2.89. The fourth-order valence-corrected chi connectivity index (χ4v) is 2.15. The molecular formula is C9H10N2S. The lowest BCUT2D eigenvalue weighted by Gasteiger charge is -1.98. The molecule has 0 spiro atoms. The molecule has 0 atom stereocenters. The van der Waals surface area contributed by atoms with Gasteiger partial charge in [-0.3, -0.25) is 0 Å². The highest BCUT2D eigenvalue weighted by molar-refractivity contribution is 7.19. The third-order valence-electron chi connectivity index (χ3n) is 1.92. The minimum Gasteiger partial charge on any atom is -0.397 e. The molecule has 2 nitrogen and oxygen atoms in total. The summed E-state index contributed by atoms with van der Waals surface area (Å²) in [7, 11) is 0. The smallest absolute Gasteiger partial charge is 0.0908 e. The van der Waals surface area contributed by atoms with Crippen LogP contribution in [-0.2, 0) is 0 Å². The van der Waals surface area contributed by atoms with E-state index in [9.17, 15) is 0 Å². The van der Waals surface area contributed by atoms with Crippen molar-refractivity contribution in [3.8, 4) is 0 Å². The molecule has 0 bridgehead atoms. The lowest BCUT2D eigenvalue weighted by molar-refractivity contribution is 1.34. The van der Waals surface area contributed by atoms with Gasteiger partial charge < -0.3 is 5.73 Å². The van der Waals surface area contributed by atoms with E-state index in [1.165, 1.54) is 0 Å². The fourth-order valence-electron chi connectivity index (χ4n) is 1.22. The van der Waals surface area contributed by atoms with E-state index < -0.39 is 0 Å². The van der Waals surface area contributed by atoms with E-state index in [0.29, 0.717) is 0 Å². The van der Waals surface area contributed by atoms with Crippen LogP contribution in [0.5, 0.6) is 0 Å². The van der Waals surface area contributed by atoms with E-state index >= 15 is 0 Å². The molecule has 2 aromatic rings. The molecule has 0 unspecified atom stereocenters. The van der Waals surface area contributed by atoms with Gasteiger partial charge >= 0.3 is 0 Å². The maximum absolute atomic E-state index is 5.90. The zero-order valence-corrected chi connectivity index (χ0v) is 7.90.